The summed E-state index contributed by atoms with van der Waals surface area (Å²) >= 11 is 5.89. The summed E-state index contributed by atoms with van der Waals surface area (Å²) < 4.78 is 5.38. The Morgan fingerprint density at radius 3 is 2.48 bits per heavy atom. The Morgan fingerprint density at radius 1 is 1.19 bits per heavy atom. The minimum absolute atomic E-state index is 0. The molecule has 0 saturated heterocycles. The second kappa shape index (κ2) is 12.2. The SMILES string of the molecule is CCNC(=NCc1c(CC)noc1CC)NCC(O)c1ccc(Cl)cc1.I. The number of guanidine groups is 1. The number of rotatable bonds is 8. The third kappa shape index (κ3) is 6.97. The predicted octanol–water partition coefficient (Wildman–Crippen LogP) is 3.86. The standard InChI is InChI=1S/C19H27ClN4O2.HI/c1-4-16-15(18(5-2)26-24-16)11-22-19(21-6-3)23-12-17(25)13-7-9-14(20)10-8-13;/h7-10,17,25H,4-6,11-12H2,1-3H3,(H2,21,22,23);1H. The summed E-state index contributed by atoms with van der Waals surface area (Å²) in [5.74, 6) is 1.52. The molecular formula is C19H28ClIN4O2. The Morgan fingerprint density at radius 2 is 1.89 bits per heavy atom. The third-order valence-corrected chi connectivity index (χ3v) is 4.32. The van der Waals surface area contributed by atoms with Crippen LogP contribution in [-0.4, -0.2) is 29.3 Å². The second-order valence-electron chi connectivity index (χ2n) is 5.88. The van der Waals surface area contributed by atoms with Gasteiger partial charge in [-0.05, 0) is 31.0 Å². The number of aromatic nitrogens is 1. The molecule has 0 amide bonds. The fraction of sp³-hybridized carbons (Fsp3) is 0.474. The summed E-state index contributed by atoms with van der Waals surface area (Å²) in [4.78, 5) is 4.62. The number of aliphatic imine (C=N–C) groups is 1. The predicted molar refractivity (Wildman–Crippen MR) is 120 cm³/mol. The van der Waals surface area contributed by atoms with E-state index < -0.39 is 6.10 Å². The van der Waals surface area contributed by atoms with Crippen LogP contribution in [0.2, 0.25) is 5.02 Å². The van der Waals surface area contributed by atoms with E-state index in [2.05, 4.69) is 27.7 Å². The Bertz CT molecular complexity index is 697. The van der Waals surface area contributed by atoms with E-state index in [4.69, 9.17) is 16.1 Å². The Kier molecular flexibility index (Phi) is 10.7. The highest BCUT2D eigenvalue weighted by atomic mass is 127. The summed E-state index contributed by atoms with van der Waals surface area (Å²) in [6, 6.07) is 7.17. The fourth-order valence-corrected chi connectivity index (χ4v) is 2.74. The summed E-state index contributed by atoms with van der Waals surface area (Å²) in [5, 5.41) is 21.5. The molecule has 1 heterocycles. The molecule has 1 aromatic carbocycles. The van der Waals surface area contributed by atoms with Gasteiger partial charge in [-0.2, -0.15) is 0 Å². The van der Waals surface area contributed by atoms with E-state index in [-0.39, 0.29) is 24.0 Å². The number of hydrogen-bond donors (Lipinski definition) is 3. The van der Waals surface area contributed by atoms with Gasteiger partial charge in [-0.15, -0.1) is 24.0 Å². The zero-order chi connectivity index (χ0) is 18.9. The molecule has 0 aliphatic carbocycles. The molecular weight excluding hydrogens is 479 g/mol. The molecule has 6 nitrogen and oxygen atoms in total. The van der Waals surface area contributed by atoms with Crippen LogP contribution in [0.1, 0.15) is 49.5 Å². The molecule has 1 atom stereocenters. The Labute approximate surface area is 182 Å². The molecule has 3 N–H and O–H groups in total. The van der Waals surface area contributed by atoms with Crippen molar-refractivity contribution < 1.29 is 9.63 Å². The molecule has 2 rings (SSSR count). The van der Waals surface area contributed by atoms with Crippen molar-refractivity contribution in [3.05, 3.63) is 51.9 Å². The van der Waals surface area contributed by atoms with Crippen molar-refractivity contribution in [3.63, 3.8) is 0 Å². The van der Waals surface area contributed by atoms with Crippen LogP contribution in [0.5, 0.6) is 0 Å². The van der Waals surface area contributed by atoms with Gasteiger partial charge < -0.3 is 20.3 Å². The van der Waals surface area contributed by atoms with Gasteiger partial charge in [0.25, 0.3) is 0 Å². The van der Waals surface area contributed by atoms with Crippen molar-refractivity contribution in [2.45, 2.75) is 46.3 Å². The van der Waals surface area contributed by atoms with E-state index in [0.717, 1.165) is 42.0 Å². The number of benzene rings is 1. The molecule has 27 heavy (non-hydrogen) atoms. The molecule has 0 aliphatic heterocycles. The summed E-state index contributed by atoms with van der Waals surface area (Å²) in [6.07, 6.45) is 0.953. The van der Waals surface area contributed by atoms with Crippen molar-refractivity contribution >= 4 is 41.5 Å². The quantitative estimate of drug-likeness (QED) is 0.288. The molecule has 150 valence electrons. The minimum Gasteiger partial charge on any atom is -0.387 e. The topological polar surface area (TPSA) is 82.7 Å². The van der Waals surface area contributed by atoms with Crippen LogP contribution < -0.4 is 10.6 Å². The fourth-order valence-electron chi connectivity index (χ4n) is 2.61. The summed E-state index contributed by atoms with van der Waals surface area (Å²) in [7, 11) is 0. The van der Waals surface area contributed by atoms with E-state index in [9.17, 15) is 5.11 Å². The normalized spacial score (nSPS) is 12.4. The smallest absolute Gasteiger partial charge is 0.191 e. The number of hydrogen-bond acceptors (Lipinski definition) is 4. The number of halogens is 2. The lowest BCUT2D eigenvalue weighted by Gasteiger charge is -2.15. The largest absolute Gasteiger partial charge is 0.387 e. The first kappa shape index (κ1) is 23.7. The Balaban J connectivity index is 0.00000364. The minimum atomic E-state index is -0.649. The van der Waals surface area contributed by atoms with Crippen LogP contribution in [0.25, 0.3) is 0 Å². The first-order chi connectivity index (χ1) is 12.6. The number of nitrogens with zero attached hydrogens (tertiary/aromatic N) is 2. The lowest BCUT2D eigenvalue weighted by atomic mass is 10.1. The second-order valence-corrected chi connectivity index (χ2v) is 6.32. The maximum atomic E-state index is 10.3. The van der Waals surface area contributed by atoms with Crippen molar-refractivity contribution in [1.82, 2.24) is 15.8 Å². The van der Waals surface area contributed by atoms with Crippen LogP contribution >= 0.6 is 35.6 Å². The van der Waals surface area contributed by atoms with E-state index in [1.165, 1.54) is 0 Å². The average molecular weight is 507 g/mol. The zero-order valence-electron chi connectivity index (χ0n) is 16.0. The molecule has 0 saturated carbocycles. The Hall–Kier alpha value is -1.32. The number of aliphatic hydroxyl groups is 1. The van der Waals surface area contributed by atoms with Crippen LogP contribution in [0.4, 0.5) is 0 Å². The summed E-state index contributed by atoms with van der Waals surface area (Å²) in [6.45, 7) is 7.66. The van der Waals surface area contributed by atoms with Gasteiger partial charge in [0.15, 0.2) is 5.96 Å². The molecule has 0 radical (unpaired) electrons. The van der Waals surface area contributed by atoms with Gasteiger partial charge in [-0.3, -0.25) is 0 Å². The number of aliphatic hydroxyl groups excluding tert-OH is 1. The monoisotopic (exact) mass is 506 g/mol. The molecule has 0 aliphatic rings. The van der Waals surface area contributed by atoms with E-state index >= 15 is 0 Å². The molecule has 0 fully saturated rings. The van der Waals surface area contributed by atoms with Gasteiger partial charge in [0.2, 0.25) is 0 Å². The van der Waals surface area contributed by atoms with Gasteiger partial charge >= 0.3 is 0 Å². The van der Waals surface area contributed by atoms with Gasteiger partial charge in [-0.1, -0.05) is 42.7 Å². The highest BCUT2D eigenvalue weighted by Crippen LogP contribution is 2.17. The van der Waals surface area contributed by atoms with Gasteiger partial charge in [-0.25, -0.2) is 4.99 Å². The van der Waals surface area contributed by atoms with E-state index in [1.807, 2.05) is 26.0 Å². The summed E-state index contributed by atoms with van der Waals surface area (Å²) in [5.41, 5.74) is 2.80. The van der Waals surface area contributed by atoms with Crippen LogP contribution in [-0.2, 0) is 19.4 Å². The highest BCUT2D eigenvalue weighted by molar-refractivity contribution is 14.0. The van der Waals surface area contributed by atoms with Crippen LogP contribution in [0, 0.1) is 0 Å². The number of nitrogens with one attached hydrogen (secondary N) is 2. The molecule has 1 aromatic heterocycles. The van der Waals surface area contributed by atoms with Crippen molar-refractivity contribution in [2.24, 2.45) is 4.99 Å². The van der Waals surface area contributed by atoms with Crippen molar-refractivity contribution in [1.29, 1.82) is 0 Å². The zero-order valence-corrected chi connectivity index (χ0v) is 19.0. The van der Waals surface area contributed by atoms with Crippen LogP contribution in [0.3, 0.4) is 0 Å². The van der Waals surface area contributed by atoms with Crippen molar-refractivity contribution in [3.8, 4) is 0 Å². The van der Waals surface area contributed by atoms with Gasteiger partial charge in [0.05, 0.1) is 18.3 Å². The van der Waals surface area contributed by atoms with Gasteiger partial charge in [0, 0.05) is 30.1 Å². The highest BCUT2D eigenvalue weighted by Gasteiger charge is 2.13. The molecule has 8 heteroatoms. The van der Waals surface area contributed by atoms with E-state index in [1.54, 1.807) is 12.1 Å². The first-order valence-corrected chi connectivity index (χ1v) is 9.38. The first-order valence-electron chi connectivity index (χ1n) is 9.00. The molecule has 2 aromatic rings. The lowest BCUT2D eigenvalue weighted by Crippen LogP contribution is -2.39. The maximum Gasteiger partial charge on any atom is 0.191 e. The van der Waals surface area contributed by atoms with E-state index in [0.29, 0.717) is 24.1 Å². The number of aryl methyl sites for hydroxylation is 2. The molecule has 0 bridgehead atoms. The maximum absolute atomic E-state index is 10.3. The molecule has 0 spiro atoms. The van der Waals surface area contributed by atoms with Crippen LogP contribution in [0.15, 0.2) is 33.8 Å². The lowest BCUT2D eigenvalue weighted by molar-refractivity contribution is 0.181. The van der Waals surface area contributed by atoms with Gasteiger partial charge in [0.1, 0.15) is 5.76 Å². The average Bonchev–Trinajstić information content (AvgIpc) is 3.06. The van der Waals surface area contributed by atoms with Crippen molar-refractivity contribution in [2.75, 3.05) is 13.1 Å². The third-order valence-electron chi connectivity index (χ3n) is 4.06. The molecule has 1 unspecified atom stereocenters.